The molecule has 0 radical (unpaired) electrons. The first-order valence-electron chi connectivity index (χ1n) is 8.29. The van der Waals surface area contributed by atoms with Crippen molar-refractivity contribution in [1.82, 2.24) is 24.7 Å². The summed E-state index contributed by atoms with van der Waals surface area (Å²) in [6, 6.07) is 0. The molecule has 3 aromatic heterocycles. The Labute approximate surface area is 145 Å². The predicted octanol–water partition coefficient (Wildman–Crippen LogP) is 2.45. The van der Waals surface area contributed by atoms with Crippen LogP contribution < -0.4 is 5.32 Å². The Kier molecular flexibility index (Phi) is 4.65. The lowest BCUT2D eigenvalue weighted by atomic mass is 10.0. The van der Waals surface area contributed by atoms with E-state index in [1.165, 1.54) is 6.92 Å². The molecule has 130 valence electrons. The molecule has 7 nitrogen and oxygen atoms in total. The first-order chi connectivity index (χ1) is 12.0. The minimum Gasteiger partial charge on any atom is -0.354 e. The smallest absolute Gasteiger partial charge is 0.268 e. The van der Waals surface area contributed by atoms with E-state index in [2.05, 4.69) is 20.3 Å². The summed E-state index contributed by atoms with van der Waals surface area (Å²) < 4.78 is 1.80. The number of nitrogens with one attached hydrogen (secondary N) is 2. The van der Waals surface area contributed by atoms with E-state index in [0.717, 1.165) is 23.2 Å². The Balaban J connectivity index is 1.80. The van der Waals surface area contributed by atoms with Gasteiger partial charge in [-0.05, 0) is 25.8 Å². The maximum atomic E-state index is 12.6. The van der Waals surface area contributed by atoms with Gasteiger partial charge in [0.1, 0.15) is 5.69 Å². The van der Waals surface area contributed by atoms with Crippen LogP contribution in [0.25, 0.3) is 5.78 Å². The number of Topliss-reactive ketones (excluding diaryl/α,β-unsaturated/α-hetero) is 1. The van der Waals surface area contributed by atoms with Crippen LogP contribution in [0.1, 0.15) is 57.9 Å². The van der Waals surface area contributed by atoms with Gasteiger partial charge >= 0.3 is 0 Å². The predicted molar refractivity (Wildman–Crippen MR) is 93.7 cm³/mol. The summed E-state index contributed by atoms with van der Waals surface area (Å²) in [4.78, 5) is 35.9. The van der Waals surface area contributed by atoms with Gasteiger partial charge in [0.05, 0.1) is 0 Å². The Morgan fingerprint density at radius 2 is 2.12 bits per heavy atom. The second-order valence-electron chi connectivity index (χ2n) is 6.06. The number of H-pyrrole nitrogens is 1. The first-order valence-corrected chi connectivity index (χ1v) is 8.29. The van der Waals surface area contributed by atoms with Crippen LogP contribution >= 0.6 is 0 Å². The standard InChI is InChI=1S/C18H21N5O2/c1-4-5-14-15(12(3)24)11(2)22-16(14)17(25)20-8-13-9-21-18-19-6-7-23(18)10-13/h6-7,9-10,22H,4-5,8H2,1-3H3,(H,20,25). The highest BCUT2D eigenvalue weighted by molar-refractivity contribution is 6.02. The summed E-state index contributed by atoms with van der Waals surface area (Å²) in [5.74, 6) is 0.377. The lowest BCUT2D eigenvalue weighted by molar-refractivity contribution is 0.0945. The molecule has 0 unspecified atom stereocenters. The third-order valence-corrected chi connectivity index (χ3v) is 4.12. The lowest BCUT2D eigenvalue weighted by Crippen LogP contribution is -2.24. The highest BCUT2D eigenvalue weighted by atomic mass is 16.2. The largest absolute Gasteiger partial charge is 0.354 e. The van der Waals surface area contributed by atoms with Crippen LogP contribution in [0.3, 0.4) is 0 Å². The van der Waals surface area contributed by atoms with E-state index >= 15 is 0 Å². The second-order valence-corrected chi connectivity index (χ2v) is 6.06. The number of aromatic nitrogens is 4. The number of nitrogens with zero attached hydrogens (tertiary/aromatic N) is 3. The molecule has 7 heteroatoms. The maximum absolute atomic E-state index is 12.6. The zero-order chi connectivity index (χ0) is 18.0. The number of hydrogen-bond acceptors (Lipinski definition) is 4. The van der Waals surface area contributed by atoms with Crippen molar-refractivity contribution < 1.29 is 9.59 Å². The zero-order valence-corrected chi connectivity index (χ0v) is 14.6. The molecule has 0 bridgehead atoms. The van der Waals surface area contributed by atoms with Crippen molar-refractivity contribution in [2.24, 2.45) is 0 Å². The number of carbonyl (C=O) groups is 2. The molecule has 0 atom stereocenters. The Morgan fingerprint density at radius 3 is 2.84 bits per heavy atom. The highest BCUT2D eigenvalue weighted by Crippen LogP contribution is 2.21. The number of imidazole rings is 1. The Morgan fingerprint density at radius 1 is 1.32 bits per heavy atom. The molecular weight excluding hydrogens is 318 g/mol. The summed E-state index contributed by atoms with van der Waals surface area (Å²) >= 11 is 0. The molecule has 0 aliphatic carbocycles. The number of carbonyl (C=O) groups excluding carboxylic acids is 2. The van der Waals surface area contributed by atoms with Crippen LogP contribution in [0.4, 0.5) is 0 Å². The van der Waals surface area contributed by atoms with Crippen molar-refractivity contribution in [2.75, 3.05) is 0 Å². The number of aryl methyl sites for hydroxylation is 1. The summed E-state index contributed by atoms with van der Waals surface area (Å²) in [5, 5.41) is 2.90. The molecule has 3 aromatic rings. The van der Waals surface area contributed by atoms with Gasteiger partial charge in [0.15, 0.2) is 5.78 Å². The van der Waals surface area contributed by atoms with E-state index in [0.29, 0.717) is 30.0 Å². The van der Waals surface area contributed by atoms with Gasteiger partial charge in [0, 0.05) is 48.2 Å². The average molecular weight is 339 g/mol. The van der Waals surface area contributed by atoms with Crippen LogP contribution in [-0.2, 0) is 13.0 Å². The molecule has 3 heterocycles. The van der Waals surface area contributed by atoms with Gasteiger partial charge < -0.3 is 10.3 Å². The number of fused-ring (bicyclic) bond motifs is 1. The van der Waals surface area contributed by atoms with Gasteiger partial charge in [-0.2, -0.15) is 0 Å². The number of amides is 1. The molecule has 0 aliphatic heterocycles. The van der Waals surface area contributed by atoms with Gasteiger partial charge in [0.2, 0.25) is 5.78 Å². The fraction of sp³-hybridized carbons (Fsp3) is 0.333. The van der Waals surface area contributed by atoms with Crippen LogP contribution in [-0.4, -0.2) is 31.0 Å². The molecule has 2 N–H and O–H groups in total. The lowest BCUT2D eigenvalue weighted by Gasteiger charge is -2.07. The third-order valence-electron chi connectivity index (χ3n) is 4.12. The normalized spacial score (nSPS) is 11.0. The molecule has 0 spiro atoms. The summed E-state index contributed by atoms with van der Waals surface area (Å²) in [7, 11) is 0. The molecule has 0 aliphatic rings. The quantitative estimate of drug-likeness (QED) is 0.675. The first kappa shape index (κ1) is 16.9. The van der Waals surface area contributed by atoms with Crippen molar-refractivity contribution in [1.29, 1.82) is 0 Å². The topological polar surface area (TPSA) is 92.2 Å². The Bertz CT molecular complexity index is 938. The van der Waals surface area contributed by atoms with E-state index < -0.39 is 0 Å². The number of hydrogen-bond donors (Lipinski definition) is 2. The van der Waals surface area contributed by atoms with E-state index in [4.69, 9.17) is 0 Å². The van der Waals surface area contributed by atoms with Crippen LogP contribution in [0.15, 0.2) is 24.8 Å². The molecule has 0 fully saturated rings. The van der Waals surface area contributed by atoms with E-state index in [1.54, 1.807) is 23.0 Å². The molecule has 25 heavy (non-hydrogen) atoms. The van der Waals surface area contributed by atoms with E-state index in [-0.39, 0.29) is 11.7 Å². The zero-order valence-electron chi connectivity index (χ0n) is 14.6. The molecule has 0 aromatic carbocycles. The highest BCUT2D eigenvalue weighted by Gasteiger charge is 2.22. The van der Waals surface area contributed by atoms with Crippen molar-refractivity contribution in [3.8, 4) is 0 Å². The van der Waals surface area contributed by atoms with Gasteiger partial charge in [-0.3, -0.25) is 14.0 Å². The minimum absolute atomic E-state index is 0.0222. The summed E-state index contributed by atoms with van der Waals surface area (Å²) in [5.41, 5.74) is 3.51. The fourth-order valence-corrected chi connectivity index (χ4v) is 3.07. The van der Waals surface area contributed by atoms with Crippen molar-refractivity contribution in [3.05, 3.63) is 52.9 Å². The van der Waals surface area contributed by atoms with Crippen LogP contribution in [0.2, 0.25) is 0 Å². The summed E-state index contributed by atoms with van der Waals surface area (Å²) in [6.45, 7) is 5.73. The SMILES string of the molecule is CCCc1c(C(=O)NCc2cnc3nccn3c2)[nH]c(C)c1C(C)=O. The molecule has 3 rings (SSSR count). The van der Waals surface area contributed by atoms with Gasteiger partial charge in [-0.15, -0.1) is 0 Å². The second kappa shape index (κ2) is 6.88. The van der Waals surface area contributed by atoms with Crippen molar-refractivity contribution in [2.45, 2.75) is 40.2 Å². The number of ketones is 1. The van der Waals surface area contributed by atoms with Crippen molar-refractivity contribution >= 4 is 17.5 Å². The monoisotopic (exact) mass is 339 g/mol. The number of aromatic amines is 1. The van der Waals surface area contributed by atoms with E-state index in [1.807, 2.05) is 20.0 Å². The molecule has 0 saturated heterocycles. The third kappa shape index (κ3) is 3.31. The van der Waals surface area contributed by atoms with E-state index in [9.17, 15) is 9.59 Å². The van der Waals surface area contributed by atoms with Crippen molar-refractivity contribution in [3.63, 3.8) is 0 Å². The fourth-order valence-electron chi connectivity index (χ4n) is 3.07. The van der Waals surface area contributed by atoms with Gasteiger partial charge in [-0.25, -0.2) is 9.97 Å². The minimum atomic E-state index is -0.218. The average Bonchev–Trinajstić information content (AvgIpc) is 3.16. The maximum Gasteiger partial charge on any atom is 0.268 e. The van der Waals surface area contributed by atoms with Crippen LogP contribution in [0, 0.1) is 6.92 Å². The van der Waals surface area contributed by atoms with Gasteiger partial charge in [0.25, 0.3) is 5.91 Å². The molecule has 0 saturated carbocycles. The number of rotatable bonds is 6. The molecular formula is C18H21N5O2. The van der Waals surface area contributed by atoms with Crippen LogP contribution in [0.5, 0.6) is 0 Å². The molecule has 1 amide bonds. The Hall–Kier alpha value is -2.96. The summed E-state index contributed by atoms with van der Waals surface area (Å²) in [6.07, 6.45) is 8.59. The van der Waals surface area contributed by atoms with Gasteiger partial charge in [-0.1, -0.05) is 13.3 Å².